The van der Waals surface area contributed by atoms with Crippen LogP contribution in [-0.4, -0.2) is 48.7 Å². The number of hydroxylamine groups is 3. The summed E-state index contributed by atoms with van der Waals surface area (Å²) in [6.45, 7) is 5.61. The van der Waals surface area contributed by atoms with Crippen LogP contribution in [0, 0.1) is 11.8 Å². The van der Waals surface area contributed by atoms with Crippen molar-refractivity contribution < 1.29 is 23.8 Å². The maximum Gasteiger partial charge on any atom is 0.369 e. The van der Waals surface area contributed by atoms with Crippen molar-refractivity contribution in [3.05, 3.63) is 0 Å². The van der Waals surface area contributed by atoms with Crippen molar-refractivity contribution in [2.45, 2.75) is 77.0 Å². The van der Waals surface area contributed by atoms with Gasteiger partial charge < -0.3 is 9.53 Å². The Hall–Kier alpha value is -0.940. The summed E-state index contributed by atoms with van der Waals surface area (Å²) in [5.74, 6) is 0.232. The summed E-state index contributed by atoms with van der Waals surface area (Å²) >= 11 is 0. The molecule has 1 saturated heterocycles. The second-order valence-electron chi connectivity index (χ2n) is 8.52. The molecular formula is C18H32NO4+. The molecular weight excluding hydrogens is 294 g/mol. The number of hydrogen-bond acceptors (Lipinski definition) is 4. The van der Waals surface area contributed by atoms with Crippen LogP contribution in [0.15, 0.2) is 0 Å². The molecule has 0 radical (unpaired) electrons. The predicted molar refractivity (Wildman–Crippen MR) is 87.4 cm³/mol. The van der Waals surface area contributed by atoms with Gasteiger partial charge in [-0.15, -0.1) is 0 Å². The Morgan fingerprint density at radius 3 is 2.35 bits per heavy atom. The monoisotopic (exact) mass is 326 g/mol. The molecule has 0 aromatic rings. The van der Waals surface area contributed by atoms with Crippen molar-refractivity contribution in [3.8, 4) is 0 Å². The van der Waals surface area contributed by atoms with E-state index in [9.17, 15) is 9.59 Å². The van der Waals surface area contributed by atoms with Crippen LogP contribution in [-0.2, 0) is 19.2 Å². The molecule has 0 spiro atoms. The second kappa shape index (κ2) is 6.89. The van der Waals surface area contributed by atoms with Crippen LogP contribution in [0.1, 0.15) is 59.3 Å². The van der Waals surface area contributed by atoms with Crippen LogP contribution in [0.4, 0.5) is 0 Å². The molecule has 0 aromatic heterocycles. The van der Waals surface area contributed by atoms with Gasteiger partial charge in [0.2, 0.25) is 6.04 Å². The first-order valence-electron chi connectivity index (χ1n) is 8.84. The quantitative estimate of drug-likeness (QED) is 0.453. The van der Waals surface area contributed by atoms with E-state index >= 15 is 0 Å². The Kier molecular flexibility index (Phi) is 5.52. The molecule has 5 heteroatoms. The zero-order chi connectivity index (χ0) is 17.3. The van der Waals surface area contributed by atoms with E-state index < -0.39 is 17.7 Å². The largest absolute Gasteiger partial charge is 0.455 e. The van der Waals surface area contributed by atoms with Gasteiger partial charge in [-0.3, -0.25) is 0 Å². The summed E-state index contributed by atoms with van der Waals surface area (Å²) in [7, 11) is 3.68. The lowest BCUT2D eigenvalue weighted by Gasteiger charge is -2.31. The summed E-state index contributed by atoms with van der Waals surface area (Å²) in [4.78, 5) is 30.1. The average molecular weight is 326 g/mol. The van der Waals surface area contributed by atoms with Crippen LogP contribution in [0.2, 0.25) is 0 Å². The molecule has 1 unspecified atom stereocenters. The standard InChI is InChI=1S/C18H32NO4/c1-18(2,3)22-17(21)16-14(11-13-9-7-6-8-10-13)15(12-20)23-19(16,4)5/h12-16H,6-11H2,1-5H3/q+1/t14-,15+,16?/m1/s1. The first-order valence-corrected chi connectivity index (χ1v) is 8.84. The summed E-state index contributed by atoms with van der Waals surface area (Å²) < 4.78 is 5.68. The minimum absolute atomic E-state index is 0.0652. The van der Waals surface area contributed by atoms with Gasteiger partial charge in [0.15, 0.2) is 12.4 Å². The van der Waals surface area contributed by atoms with Crippen molar-refractivity contribution >= 4 is 12.3 Å². The molecule has 0 N–H and O–H groups in total. The Morgan fingerprint density at radius 2 is 1.83 bits per heavy atom. The molecule has 1 aliphatic heterocycles. The van der Waals surface area contributed by atoms with Gasteiger partial charge in [-0.05, 0) is 33.1 Å². The Morgan fingerprint density at radius 1 is 1.22 bits per heavy atom. The van der Waals surface area contributed by atoms with E-state index in [0.717, 1.165) is 12.7 Å². The summed E-state index contributed by atoms with van der Waals surface area (Å²) in [5.41, 5.74) is -0.536. The first kappa shape index (κ1) is 18.4. The molecule has 2 rings (SSSR count). The van der Waals surface area contributed by atoms with Gasteiger partial charge in [-0.25, -0.2) is 4.79 Å². The van der Waals surface area contributed by atoms with Crippen LogP contribution in [0.5, 0.6) is 0 Å². The number of ether oxygens (including phenoxy) is 1. The Bertz CT molecular complexity index is 435. The summed E-state index contributed by atoms with van der Waals surface area (Å²) in [6.07, 6.45) is 7.38. The maximum atomic E-state index is 12.8. The number of aldehydes is 1. The van der Waals surface area contributed by atoms with Gasteiger partial charge in [0.05, 0.1) is 20.0 Å². The molecule has 132 valence electrons. The van der Waals surface area contributed by atoms with E-state index in [1.165, 1.54) is 32.1 Å². The Balaban J connectivity index is 2.18. The molecule has 5 nitrogen and oxygen atoms in total. The number of carbonyl (C=O) groups is 2. The summed E-state index contributed by atoms with van der Waals surface area (Å²) in [5, 5.41) is 0. The normalized spacial score (nSPS) is 31.8. The zero-order valence-electron chi connectivity index (χ0n) is 15.2. The first-order chi connectivity index (χ1) is 10.6. The third-order valence-corrected chi connectivity index (χ3v) is 5.00. The molecule has 0 bridgehead atoms. The molecule has 0 amide bonds. The van der Waals surface area contributed by atoms with Crippen LogP contribution >= 0.6 is 0 Å². The van der Waals surface area contributed by atoms with E-state index in [0.29, 0.717) is 5.92 Å². The lowest BCUT2D eigenvalue weighted by atomic mass is 9.79. The minimum atomic E-state index is -0.536. The maximum absolute atomic E-state index is 12.8. The third-order valence-electron chi connectivity index (χ3n) is 5.00. The zero-order valence-corrected chi connectivity index (χ0v) is 15.2. The topological polar surface area (TPSA) is 52.6 Å². The van der Waals surface area contributed by atoms with Gasteiger partial charge in [0.1, 0.15) is 5.60 Å². The number of hydrogen-bond donors (Lipinski definition) is 0. The second-order valence-corrected chi connectivity index (χ2v) is 8.52. The summed E-state index contributed by atoms with van der Waals surface area (Å²) in [6, 6.07) is -0.439. The van der Waals surface area contributed by atoms with E-state index in [2.05, 4.69) is 0 Å². The molecule has 3 atom stereocenters. The van der Waals surface area contributed by atoms with Crippen LogP contribution < -0.4 is 0 Å². The lowest BCUT2D eigenvalue weighted by Crippen LogP contribution is -2.52. The van der Waals surface area contributed by atoms with Gasteiger partial charge in [0, 0.05) is 0 Å². The van der Waals surface area contributed by atoms with Crippen molar-refractivity contribution in [2.24, 2.45) is 11.8 Å². The van der Waals surface area contributed by atoms with E-state index in [1.807, 2.05) is 34.9 Å². The van der Waals surface area contributed by atoms with Crippen molar-refractivity contribution in [1.29, 1.82) is 0 Å². The highest BCUT2D eigenvalue weighted by Gasteiger charge is 2.57. The van der Waals surface area contributed by atoms with Gasteiger partial charge in [-0.1, -0.05) is 32.1 Å². The third kappa shape index (κ3) is 4.54. The molecule has 1 aliphatic carbocycles. The average Bonchev–Trinajstić information content (AvgIpc) is 2.68. The van der Waals surface area contributed by atoms with Crippen molar-refractivity contribution in [1.82, 2.24) is 0 Å². The molecule has 0 aromatic carbocycles. The fourth-order valence-electron chi connectivity index (χ4n) is 4.09. The molecule has 23 heavy (non-hydrogen) atoms. The van der Waals surface area contributed by atoms with Crippen LogP contribution in [0.3, 0.4) is 0 Å². The van der Waals surface area contributed by atoms with E-state index in [-0.39, 0.29) is 16.5 Å². The number of esters is 1. The lowest BCUT2D eigenvalue weighted by molar-refractivity contribution is -1.08. The highest BCUT2D eigenvalue weighted by Crippen LogP contribution is 2.39. The number of likely N-dealkylation sites (N-methyl/N-ethyl adjacent to an activating group) is 1. The van der Waals surface area contributed by atoms with Gasteiger partial charge in [0.25, 0.3) is 0 Å². The highest BCUT2D eigenvalue weighted by molar-refractivity contribution is 5.77. The smallest absolute Gasteiger partial charge is 0.369 e. The van der Waals surface area contributed by atoms with Gasteiger partial charge in [-0.2, -0.15) is 9.48 Å². The fourth-order valence-corrected chi connectivity index (χ4v) is 4.09. The molecule has 1 heterocycles. The SMILES string of the molecule is CC(C)(C)OC(=O)C1[C@H](CC2CCCCC2)[C@H](C=O)O[N+]1(C)C. The highest BCUT2D eigenvalue weighted by atomic mass is 16.7. The van der Waals surface area contributed by atoms with Crippen molar-refractivity contribution in [2.75, 3.05) is 14.1 Å². The molecule has 2 fully saturated rings. The van der Waals surface area contributed by atoms with Crippen molar-refractivity contribution in [3.63, 3.8) is 0 Å². The minimum Gasteiger partial charge on any atom is -0.455 e. The van der Waals surface area contributed by atoms with Crippen LogP contribution in [0.25, 0.3) is 0 Å². The number of quaternary nitrogens is 1. The molecule has 2 aliphatic rings. The predicted octanol–water partition coefficient (Wildman–Crippen LogP) is 2.87. The molecule has 1 saturated carbocycles. The fraction of sp³-hybridized carbons (Fsp3) is 0.889. The number of carbonyl (C=O) groups excluding carboxylic acids is 2. The van der Waals surface area contributed by atoms with Gasteiger partial charge >= 0.3 is 5.97 Å². The van der Waals surface area contributed by atoms with E-state index in [4.69, 9.17) is 9.57 Å². The van der Waals surface area contributed by atoms with E-state index in [1.54, 1.807) is 0 Å². The number of nitrogens with zero attached hydrogens (tertiary/aromatic N) is 1. The Labute approximate surface area is 139 Å². The number of rotatable bonds is 4.